The molecule has 0 spiro atoms. The fourth-order valence-electron chi connectivity index (χ4n) is 3.65. The van der Waals surface area contributed by atoms with E-state index >= 15 is 0 Å². The first-order valence-electron chi connectivity index (χ1n) is 10.3. The Morgan fingerprint density at radius 3 is 2.38 bits per heavy atom. The highest BCUT2D eigenvalue weighted by atomic mass is 32.2. The van der Waals surface area contributed by atoms with Crippen molar-refractivity contribution in [2.45, 2.75) is 35.3 Å². The van der Waals surface area contributed by atoms with Crippen LogP contribution in [0.25, 0.3) is 11.1 Å². The van der Waals surface area contributed by atoms with Gasteiger partial charge in [-0.25, -0.2) is 9.78 Å². The SMILES string of the molecule is CC(C)(Sc1nc(CCNC(=O)OCC2c3ccccc3-c3ccccc32)cs1)C(=O)O. The quantitative estimate of drug-likeness (QED) is 0.443. The van der Waals surface area contributed by atoms with E-state index in [9.17, 15) is 14.7 Å². The number of thiazole rings is 1. The van der Waals surface area contributed by atoms with Gasteiger partial charge in [-0.1, -0.05) is 60.3 Å². The first-order valence-corrected chi connectivity index (χ1v) is 12.0. The topological polar surface area (TPSA) is 88.5 Å². The number of alkyl carbamates (subject to hydrolysis) is 1. The minimum absolute atomic E-state index is 0.0314. The molecule has 0 fully saturated rings. The number of carbonyl (C=O) groups is 2. The molecule has 8 heteroatoms. The number of nitrogens with one attached hydrogen (secondary N) is 1. The number of benzene rings is 2. The molecule has 6 nitrogen and oxygen atoms in total. The minimum atomic E-state index is -0.936. The summed E-state index contributed by atoms with van der Waals surface area (Å²) in [7, 11) is 0. The second-order valence-corrected chi connectivity index (χ2v) is 10.8. The zero-order chi connectivity index (χ0) is 22.7. The third kappa shape index (κ3) is 4.81. The summed E-state index contributed by atoms with van der Waals surface area (Å²) in [4.78, 5) is 28.0. The number of amides is 1. The smallest absolute Gasteiger partial charge is 0.407 e. The second kappa shape index (κ2) is 9.34. The lowest BCUT2D eigenvalue weighted by Crippen LogP contribution is -2.28. The number of aliphatic carboxylic acids is 1. The van der Waals surface area contributed by atoms with Crippen LogP contribution in [-0.2, 0) is 16.0 Å². The molecule has 0 radical (unpaired) electrons. The van der Waals surface area contributed by atoms with Gasteiger partial charge in [-0.2, -0.15) is 0 Å². The molecule has 1 aliphatic rings. The lowest BCUT2D eigenvalue weighted by molar-refractivity contribution is -0.138. The van der Waals surface area contributed by atoms with Gasteiger partial charge in [0.25, 0.3) is 0 Å². The van der Waals surface area contributed by atoms with Crippen molar-refractivity contribution in [3.63, 3.8) is 0 Å². The number of fused-ring (bicyclic) bond motifs is 3. The van der Waals surface area contributed by atoms with Crippen LogP contribution in [0.5, 0.6) is 0 Å². The summed E-state index contributed by atoms with van der Waals surface area (Å²) in [6, 6.07) is 16.5. The van der Waals surface area contributed by atoms with E-state index in [0.717, 1.165) is 5.69 Å². The summed E-state index contributed by atoms with van der Waals surface area (Å²) in [6.07, 6.45) is 0.0954. The van der Waals surface area contributed by atoms with Gasteiger partial charge in [0.2, 0.25) is 0 Å². The standard InChI is InChI=1S/C24H24N2O4S2/c1-24(2,21(27)28)32-23-26-15(14-31-23)11-12-25-22(29)30-13-20-18-9-5-3-7-16(18)17-8-4-6-10-19(17)20/h3-10,14,20H,11-13H2,1-2H3,(H,25,29)(H,27,28). The second-order valence-electron chi connectivity index (χ2n) is 8.02. The van der Waals surface area contributed by atoms with Gasteiger partial charge in [0.1, 0.15) is 11.4 Å². The van der Waals surface area contributed by atoms with Crippen LogP contribution in [0.2, 0.25) is 0 Å². The molecule has 0 unspecified atom stereocenters. The molecule has 0 atom stereocenters. The Labute approximate surface area is 195 Å². The number of ether oxygens (including phenoxy) is 1. The van der Waals surface area contributed by atoms with E-state index in [1.807, 2.05) is 29.6 Å². The number of hydrogen-bond donors (Lipinski definition) is 2. The number of carboxylic acids is 1. The summed E-state index contributed by atoms with van der Waals surface area (Å²) in [5.74, 6) is -0.847. The normalized spacial score (nSPS) is 12.8. The van der Waals surface area contributed by atoms with Crippen molar-refractivity contribution >= 4 is 35.2 Å². The minimum Gasteiger partial charge on any atom is -0.480 e. The number of carbonyl (C=O) groups excluding carboxylic acids is 1. The molecule has 32 heavy (non-hydrogen) atoms. The van der Waals surface area contributed by atoms with Crippen molar-refractivity contribution in [1.29, 1.82) is 0 Å². The molecule has 1 heterocycles. The Kier molecular flexibility index (Phi) is 6.53. The predicted octanol–water partition coefficient (Wildman–Crippen LogP) is 5.18. The van der Waals surface area contributed by atoms with E-state index in [-0.39, 0.29) is 12.5 Å². The summed E-state index contributed by atoms with van der Waals surface area (Å²) >= 11 is 2.63. The fourth-order valence-corrected chi connectivity index (χ4v) is 5.88. The Balaban J connectivity index is 1.28. The molecule has 4 rings (SSSR count). The molecule has 2 aromatic carbocycles. The highest BCUT2D eigenvalue weighted by Gasteiger charge is 2.30. The van der Waals surface area contributed by atoms with Crippen molar-refractivity contribution in [1.82, 2.24) is 10.3 Å². The third-order valence-corrected chi connectivity index (χ3v) is 7.55. The van der Waals surface area contributed by atoms with Crippen molar-refractivity contribution in [3.8, 4) is 11.1 Å². The van der Waals surface area contributed by atoms with Gasteiger partial charge in [-0.05, 0) is 36.1 Å². The molecule has 0 bridgehead atoms. The first-order chi connectivity index (χ1) is 15.3. The average Bonchev–Trinajstić information content (AvgIpc) is 3.34. The number of carboxylic acid groups (broad SMARTS) is 1. The lowest BCUT2D eigenvalue weighted by atomic mass is 9.98. The Morgan fingerprint density at radius 2 is 1.75 bits per heavy atom. The van der Waals surface area contributed by atoms with Crippen LogP contribution >= 0.6 is 23.1 Å². The summed E-state index contributed by atoms with van der Waals surface area (Å²) in [6.45, 7) is 3.98. The maximum atomic E-state index is 12.3. The number of hydrogen-bond acceptors (Lipinski definition) is 6. The van der Waals surface area contributed by atoms with E-state index < -0.39 is 16.8 Å². The summed E-state index contributed by atoms with van der Waals surface area (Å²) in [5, 5.41) is 13.9. The highest BCUT2D eigenvalue weighted by molar-refractivity contribution is 8.02. The van der Waals surface area contributed by atoms with Gasteiger partial charge in [-0.3, -0.25) is 4.79 Å². The van der Waals surface area contributed by atoms with Crippen LogP contribution in [0, 0.1) is 0 Å². The molecule has 1 aromatic heterocycles. The van der Waals surface area contributed by atoms with Gasteiger partial charge in [0.05, 0.1) is 5.69 Å². The van der Waals surface area contributed by atoms with Crippen LogP contribution in [0.3, 0.4) is 0 Å². The van der Waals surface area contributed by atoms with Crippen LogP contribution in [0.4, 0.5) is 4.79 Å². The number of rotatable bonds is 8. The van der Waals surface area contributed by atoms with Crippen molar-refractivity contribution in [2.75, 3.05) is 13.2 Å². The van der Waals surface area contributed by atoms with Crippen LogP contribution in [0.15, 0.2) is 58.3 Å². The monoisotopic (exact) mass is 468 g/mol. The van der Waals surface area contributed by atoms with E-state index in [1.54, 1.807) is 13.8 Å². The number of thioether (sulfide) groups is 1. The first kappa shape index (κ1) is 22.4. The van der Waals surface area contributed by atoms with Crippen LogP contribution in [-0.4, -0.2) is 40.1 Å². The van der Waals surface area contributed by atoms with Crippen molar-refractivity contribution < 1.29 is 19.4 Å². The predicted molar refractivity (Wildman–Crippen MR) is 126 cm³/mol. The average molecular weight is 469 g/mol. The van der Waals surface area contributed by atoms with Crippen molar-refractivity contribution in [2.24, 2.45) is 0 Å². The molecule has 3 aromatic rings. The highest BCUT2D eigenvalue weighted by Crippen LogP contribution is 2.44. The zero-order valence-corrected chi connectivity index (χ0v) is 19.5. The number of nitrogens with zero attached hydrogens (tertiary/aromatic N) is 1. The van der Waals surface area contributed by atoms with Gasteiger partial charge < -0.3 is 15.2 Å². The van der Waals surface area contributed by atoms with E-state index in [2.05, 4.69) is 34.6 Å². The van der Waals surface area contributed by atoms with Crippen LogP contribution < -0.4 is 5.32 Å². The molecule has 0 saturated heterocycles. The van der Waals surface area contributed by atoms with Crippen LogP contribution in [0.1, 0.15) is 36.6 Å². The number of aromatic nitrogens is 1. The lowest BCUT2D eigenvalue weighted by Gasteiger charge is -2.15. The van der Waals surface area contributed by atoms with E-state index in [0.29, 0.717) is 17.3 Å². The molecule has 0 saturated carbocycles. The van der Waals surface area contributed by atoms with Gasteiger partial charge in [-0.15, -0.1) is 11.3 Å². The van der Waals surface area contributed by atoms with Gasteiger partial charge >= 0.3 is 12.1 Å². The largest absolute Gasteiger partial charge is 0.480 e. The summed E-state index contributed by atoms with van der Waals surface area (Å²) < 4.78 is 5.30. The molecular weight excluding hydrogens is 444 g/mol. The Morgan fingerprint density at radius 1 is 1.12 bits per heavy atom. The van der Waals surface area contributed by atoms with Gasteiger partial charge in [0, 0.05) is 24.3 Å². The molecule has 1 amide bonds. The Hall–Kier alpha value is -2.84. The maximum Gasteiger partial charge on any atom is 0.407 e. The molecular formula is C24H24N2O4S2. The maximum absolute atomic E-state index is 12.3. The van der Waals surface area contributed by atoms with E-state index in [4.69, 9.17) is 4.74 Å². The molecule has 2 N–H and O–H groups in total. The fraction of sp³-hybridized carbons (Fsp3) is 0.292. The molecule has 166 valence electrons. The third-order valence-electron chi connectivity index (χ3n) is 5.38. The zero-order valence-electron chi connectivity index (χ0n) is 17.8. The molecule has 1 aliphatic carbocycles. The Bertz CT molecular complexity index is 1100. The van der Waals surface area contributed by atoms with Gasteiger partial charge in [0.15, 0.2) is 4.34 Å². The van der Waals surface area contributed by atoms with Crippen molar-refractivity contribution in [3.05, 3.63) is 70.7 Å². The van der Waals surface area contributed by atoms with E-state index in [1.165, 1.54) is 45.4 Å². The molecule has 0 aliphatic heterocycles. The summed E-state index contributed by atoms with van der Waals surface area (Å²) in [5.41, 5.74) is 5.56.